The molecule has 0 atom stereocenters. The molecule has 0 radical (unpaired) electrons. The van der Waals surface area contributed by atoms with E-state index in [9.17, 15) is 14.4 Å². The Kier molecular flexibility index (Phi) is 8.27. The van der Waals surface area contributed by atoms with Crippen molar-refractivity contribution < 1.29 is 19.1 Å². The van der Waals surface area contributed by atoms with Crippen molar-refractivity contribution in [2.45, 2.75) is 20.3 Å². The van der Waals surface area contributed by atoms with Crippen LogP contribution in [0.15, 0.2) is 28.0 Å². The first kappa shape index (κ1) is 26.1. The zero-order chi connectivity index (χ0) is 25.8. The minimum atomic E-state index is -0.350. The molecule has 0 spiro atoms. The largest absolute Gasteiger partial charge is 0.450 e. The van der Waals surface area contributed by atoms with Gasteiger partial charge in [0.2, 0.25) is 0 Å². The summed E-state index contributed by atoms with van der Waals surface area (Å²) in [5.41, 5.74) is 1.46. The van der Waals surface area contributed by atoms with Gasteiger partial charge >= 0.3 is 6.09 Å². The number of hydrogen-bond acceptors (Lipinski definition) is 9. The van der Waals surface area contributed by atoms with Crippen molar-refractivity contribution in [1.82, 2.24) is 19.2 Å². The lowest BCUT2D eigenvalue weighted by Crippen LogP contribution is -2.49. The van der Waals surface area contributed by atoms with Crippen molar-refractivity contribution in [3.63, 3.8) is 0 Å². The predicted molar refractivity (Wildman–Crippen MR) is 143 cm³/mol. The molecule has 10 nitrogen and oxygen atoms in total. The van der Waals surface area contributed by atoms with E-state index in [0.29, 0.717) is 78.6 Å². The smallest absolute Gasteiger partial charge is 0.409 e. The van der Waals surface area contributed by atoms with E-state index in [-0.39, 0.29) is 17.6 Å². The van der Waals surface area contributed by atoms with Crippen molar-refractivity contribution >= 4 is 57.8 Å². The molecule has 0 N–H and O–H groups in total. The van der Waals surface area contributed by atoms with Crippen LogP contribution in [0, 0.1) is 6.92 Å². The topological polar surface area (TPSA) is 96.7 Å². The Morgan fingerprint density at radius 3 is 2.69 bits per heavy atom. The van der Waals surface area contributed by atoms with E-state index in [0.717, 1.165) is 5.56 Å². The van der Waals surface area contributed by atoms with E-state index in [4.69, 9.17) is 26.7 Å². The van der Waals surface area contributed by atoms with Gasteiger partial charge in [-0.1, -0.05) is 30.0 Å². The molecular weight excluding hydrogens is 502 g/mol. The molecule has 2 aromatic rings. The maximum Gasteiger partial charge on any atom is 0.409 e. The normalized spacial score (nSPS) is 17.5. The average Bonchev–Trinajstić information content (AvgIpc) is 3.14. The first-order valence-corrected chi connectivity index (χ1v) is 13.0. The van der Waals surface area contributed by atoms with Crippen LogP contribution in [0.1, 0.15) is 24.5 Å². The van der Waals surface area contributed by atoms with Crippen molar-refractivity contribution in [3.05, 3.63) is 44.7 Å². The highest BCUT2D eigenvalue weighted by atomic mass is 32.2. The molecule has 12 heteroatoms. The summed E-state index contributed by atoms with van der Waals surface area (Å²) < 4.78 is 12.2. The number of thiocarbonyl (C=S) groups is 1. The predicted octanol–water partition coefficient (Wildman–Crippen LogP) is 2.52. The van der Waals surface area contributed by atoms with Gasteiger partial charge in [0.1, 0.15) is 15.8 Å². The van der Waals surface area contributed by atoms with Gasteiger partial charge in [-0.2, -0.15) is 0 Å². The number of carbonyl (C=O) groups is 2. The number of thioether (sulfide) groups is 1. The number of ether oxygens (including phenoxy) is 2. The molecule has 0 saturated carbocycles. The summed E-state index contributed by atoms with van der Waals surface area (Å²) in [6.07, 6.45) is 3.59. The Labute approximate surface area is 218 Å². The third-order valence-electron chi connectivity index (χ3n) is 6.05. The molecule has 2 fully saturated rings. The van der Waals surface area contributed by atoms with Gasteiger partial charge in [0.25, 0.3) is 11.5 Å². The lowest BCUT2D eigenvalue weighted by Gasteiger charge is -2.35. The number of carbonyl (C=O) groups excluding carboxylic acids is 2. The van der Waals surface area contributed by atoms with Gasteiger partial charge in [-0.05, 0) is 38.0 Å². The van der Waals surface area contributed by atoms with E-state index < -0.39 is 0 Å². The molecule has 2 amide bonds. The number of methoxy groups -OCH3 is 1. The Bertz CT molecular complexity index is 1270. The van der Waals surface area contributed by atoms with Crippen LogP contribution in [0.3, 0.4) is 0 Å². The van der Waals surface area contributed by atoms with Crippen LogP contribution < -0.4 is 10.5 Å². The van der Waals surface area contributed by atoms with Crippen LogP contribution in [0.25, 0.3) is 11.7 Å². The molecule has 2 aliphatic heterocycles. The van der Waals surface area contributed by atoms with Crippen molar-refractivity contribution in [3.8, 4) is 0 Å². The maximum absolute atomic E-state index is 13.7. The molecule has 2 aromatic heterocycles. The van der Waals surface area contributed by atoms with Crippen LogP contribution in [-0.4, -0.2) is 88.6 Å². The Hall–Kier alpha value is -2.96. The standard InChI is InChI=1S/C24H29N5O5S2/c1-4-34-23(32)27-12-10-26(11-13-27)20-17(21(30)28-8-5-7-16(2)19(28)25-20)15-18-22(31)29(24(35)36-18)9-6-14-33-3/h5,7-8,15H,4,6,9-14H2,1-3H3/b18-15-. The van der Waals surface area contributed by atoms with Gasteiger partial charge in [0, 0.05) is 52.6 Å². The lowest BCUT2D eigenvalue weighted by atomic mass is 10.2. The Balaban J connectivity index is 1.71. The van der Waals surface area contributed by atoms with Crippen molar-refractivity contribution in [1.29, 1.82) is 0 Å². The molecule has 2 aliphatic rings. The summed E-state index contributed by atoms with van der Waals surface area (Å²) >= 11 is 6.61. The monoisotopic (exact) mass is 531 g/mol. The van der Waals surface area contributed by atoms with Crippen molar-refractivity contribution in [2.24, 2.45) is 0 Å². The molecule has 0 aromatic carbocycles. The van der Waals surface area contributed by atoms with Crippen LogP contribution in [0.4, 0.5) is 10.6 Å². The third-order valence-corrected chi connectivity index (χ3v) is 7.43. The fraction of sp³-hybridized carbons (Fsp3) is 0.458. The highest BCUT2D eigenvalue weighted by molar-refractivity contribution is 8.26. The first-order chi connectivity index (χ1) is 17.3. The molecular formula is C24H29N5O5S2. The molecule has 4 heterocycles. The highest BCUT2D eigenvalue weighted by Crippen LogP contribution is 2.33. The number of aryl methyl sites for hydroxylation is 1. The fourth-order valence-electron chi connectivity index (χ4n) is 4.17. The van der Waals surface area contributed by atoms with Gasteiger partial charge in [-0.3, -0.25) is 18.9 Å². The molecule has 192 valence electrons. The molecule has 0 aliphatic carbocycles. The van der Waals surface area contributed by atoms with Crippen LogP contribution in [0.2, 0.25) is 0 Å². The van der Waals surface area contributed by atoms with Crippen LogP contribution in [-0.2, 0) is 14.3 Å². The van der Waals surface area contributed by atoms with Gasteiger partial charge in [-0.25, -0.2) is 9.78 Å². The second-order valence-electron chi connectivity index (χ2n) is 8.39. The van der Waals surface area contributed by atoms with E-state index in [2.05, 4.69) is 0 Å². The SMILES string of the molecule is CCOC(=O)N1CCN(c2nc3c(C)cccn3c(=O)c2/C=C2\SC(=S)N(CCCOC)C2=O)CC1. The summed E-state index contributed by atoms with van der Waals surface area (Å²) in [5, 5.41) is 0. The van der Waals surface area contributed by atoms with E-state index >= 15 is 0 Å². The maximum atomic E-state index is 13.7. The van der Waals surface area contributed by atoms with Gasteiger partial charge in [0.05, 0.1) is 17.1 Å². The zero-order valence-corrected chi connectivity index (χ0v) is 22.2. The minimum Gasteiger partial charge on any atom is -0.450 e. The van der Waals surface area contributed by atoms with Crippen LogP contribution >= 0.6 is 24.0 Å². The van der Waals surface area contributed by atoms with E-state index in [1.165, 1.54) is 16.2 Å². The Morgan fingerprint density at radius 1 is 1.25 bits per heavy atom. The quantitative estimate of drug-likeness (QED) is 0.303. The number of anilines is 1. The summed E-state index contributed by atoms with van der Waals surface area (Å²) in [7, 11) is 1.61. The number of fused-ring (bicyclic) bond motifs is 1. The van der Waals surface area contributed by atoms with Gasteiger partial charge in [0.15, 0.2) is 0 Å². The highest BCUT2D eigenvalue weighted by Gasteiger charge is 2.33. The number of rotatable bonds is 7. The number of amides is 2. The molecule has 0 bridgehead atoms. The number of nitrogens with zero attached hydrogens (tertiary/aromatic N) is 5. The second-order valence-corrected chi connectivity index (χ2v) is 10.1. The van der Waals surface area contributed by atoms with Crippen molar-refractivity contribution in [2.75, 3.05) is 57.9 Å². The second kappa shape index (κ2) is 11.4. The third kappa shape index (κ3) is 5.25. The lowest BCUT2D eigenvalue weighted by molar-refractivity contribution is -0.122. The Morgan fingerprint density at radius 2 is 2.00 bits per heavy atom. The number of pyridine rings is 1. The minimum absolute atomic E-state index is 0.229. The summed E-state index contributed by atoms with van der Waals surface area (Å²) in [5.74, 6) is 0.260. The molecule has 4 rings (SSSR count). The number of hydrogen-bond donors (Lipinski definition) is 0. The average molecular weight is 532 g/mol. The molecule has 0 unspecified atom stereocenters. The summed E-state index contributed by atoms with van der Waals surface area (Å²) in [6, 6.07) is 3.69. The zero-order valence-electron chi connectivity index (χ0n) is 20.6. The van der Waals surface area contributed by atoms with Crippen LogP contribution in [0.5, 0.6) is 0 Å². The van der Waals surface area contributed by atoms with Gasteiger partial charge < -0.3 is 19.3 Å². The first-order valence-electron chi connectivity index (χ1n) is 11.8. The number of piperazine rings is 1. The number of aromatic nitrogens is 2. The summed E-state index contributed by atoms with van der Waals surface area (Å²) in [6.45, 7) is 6.79. The summed E-state index contributed by atoms with van der Waals surface area (Å²) in [4.78, 5) is 49.3. The van der Waals surface area contributed by atoms with E-state index in [1.807, 2.05) is 17.9 Å². The molecule has 36 heavy (non-hydrogen) atoms. The van der Waals surface area contributed by atoms with E-state index in [1.54, 1.807) is 42.2 Å². The fourth-order valence-corrected chi connectivity index (χ4v) is 5.46. The van der Waals surface area contributed by atoms with Gasteiger partial charge in [-0.15, -0.1) is 0 Å². The molecule has 2 saturated heterocycles.